The Morgan fingerprint density at radius 2 is 1.56 bits per heavy atom. The fraction of sp³-hybridized carbons (Fsp3) is 0.310. The molecular weight excluding hydrogens is 458 g/mol. The molecule has 0 saturated carbocycles. The highest BCUT2D eigenvalue weighted by Gasteiger charge is 2.47. The van der Waals surface area contributed by atoms with Crippen LogP contribution in [0, 0.1) is 0 Å². The lowest BCUT2D eigenvalue weighted by molar-refractivity contribution is -0.150. The Morgan fingerprint density at radius 3 is 2.08 bits per heavy atom. The van der Waals surface area contributed by atoms with Gasteiger partial charge in [-0.1, -0.05) is 55.5 Å². The third-order valence-corrected chi connectivity index (χ3v) is 6.89. The third-order valence-electron chi connectivity index (χ3n) is 6.89. The molecule has 1 aliphatic rings. The molecule has 3 aromatic carbocycles. The highest BCUT2D eigenvalue weighted by molar-refractivity contribution is 5.87. The number of hydrogen-bond acceptors (Lipinski definition) is 5. The maximum Gasteiger partial charge on any atom is 0.411 e. The molecule has 7 heteroatoms. The summed E-state index contributed by atoms with van der Waals surface area (Å²) in [6.45, 7) is 3.65. The van der Waals surface area contributed by atoms with Crippen molar-refractivity contribution in [3.63, 3.8) is 0 Å². The quantitative estimate of drug-likeness (QED) is 0.417. The Kier molecular flexibility index (Phi) is 7.20. The summed E-state index contributed by atoms with van der Waals surface area (Å²) in [5.41, 5.74) is 2.97. The number of carboxylic acids is 1. The first-order valence-corrected chi connectivity index (χ1v) is 11.9. The summed E-state index contributed by atoms with van der Waals surface area (Å²) >= 11 is 0. The van der Waals surface area contributed by atoms with Gasteiger partial charge in [-0.25, -0.2) is 9.59 Å². The Balaban J connectivity index is 1.67. The predicted octanol–water partition coefficient (Wildman–Crippen LogP) is 5.66. The van der Waals surface area contributed by atoms with Crippen molar-refractivity contribution in [3.05, 3.63) is 83.4 Å². The molecule has 1 aliphatic carbocycles. The maximum absolute atomic E-state index is 13.6. The van der Waals surface area contributed by atoms with Gasteiger partial charge in [0, 0.05) is 18.0 Å². The summed E-state index contributed by atoms with van der Waals surface area (Å²) in [4.78, 5) is 27.6. The molecule has 7 nitrogen and oxygen atoms in total. The van der Waals surface area contributed by atoms with Crippen molar-refractivity contribution in [3.8, 4) is 22.6 Å². The first kappa shape index (κ1) is 25.1. The number of carbonyl (C=O) groups excluding carboxylic acids is 1. The van der Waals surface area contributed by atoms with Crippen LogP contribution in [0.3, 0.4) is 0 Å². The predicted molar refractivity (Wildman–Crippen MR) is 137 cm³/mol. The zero-order valence-electron chi connectivity index (χ0n) is 21.0. The Morgan fingerprint density at radius 1 is 0.944 bits per heavy atom. The molecule has 4 rings (SSSR count). The van der Waals surface area contributed by atoms with Gasteiger partial charge in [0.15, 0.2) is 5.54 Å². The molecule has 0 radical (unpaired) electrons. The van der Waals surface area contributed by atoms with Crippen molar-refractivity contribution in [2.45, 2.75) is 31.7 Å². The molecule has 3 aromatic rings. The SMILES string of the molecule is CCCN(C(=O)OCC1c2ccccc2-c2ccccc21)C(C)(C(=O)O)c1cc(OC)ccc1OC. The summed E-state index contributed by atoms with van der Waals surface area (Å²) in [5, 5.41) is 10.4. The highest BCUT2D eigenvalue weighted by Crippen LogP contribution is 2.45. The highest BCUT2D eigenvalue weighted by atomic mass is 16.6. The van der Waals surface area contributed by atoms with Crippen molar-refractivity contribution < 1.29 is 28.9 Å². The topological polar surface area (TPSA) is 85.3 Å². The summed E-state index contributed by atoms with van der Waals surface area (Å²) < 4.78 is 16.7. The molecule has 1 unspecified atom stereocenters. The monoisotopic (exact) mass is 489 g/mol. The van der Waals surface area contributed by atoms with Gasteiger partial charge >= 0.3 is 12.1 Å². The second-order valence-electron chi connectivity index (χ2n) is 8.90. The van der Waals surface area contributed by atoms with E-state index >= 15 is 0 Å². The largest absolute Gasteiger partial charge is 0.497 e. The maximum atomic E-state index is 13.6. The zero-order valence-corrected chi connectivity index (χ0v) is 21.0. The lowest BCUT2D eigenvalue weighted by atomic mass is 9.88. The number of methoxy groups -OCH3 is 2. The van der Waals surface area contributed by atoms with Crippen LogP contribution in [0.25, 0.3) is 11.1 Å². The summed E-state index contributed by atoms with van der Waals surface area (Å²) in [7, 11) is 2.96. The van der Waals surface area contributed by atoms with E-state index in [1.165, 1.54) is 26.0 Å². The molecular formula is C29H31NO6. The number of rotatable bonds is 9. The van der Waals surface area contributed by atoms with Crippen LogP contribution >= 0.6 is 0 Å². The summed E-state index contributed by atoms with van der Waals surface area (Å²) in [6, 6.07) is 21.1. The van der Waals surface area contributed by atoms with E-state index in [0.29, 0.717) is 23.5 Å². The van der Waals surface area contributed by atoms with Crippen LogP contribution in [-0.2, 0) is 15.1 Å². The van der Waals surface area contributed by atoms with Gasteiger partial charge in [-0.15, -0.1) is 0 Å². The zero-order chi connectivity index (χ0) is 25.9. The molecule has 0 spiro atoms. The van der Waals surface area contributed by atoms with Crippen molar-refractivity contribution in [1.29, 1.82) is 0 Å². The van der Waals surface area contributed by atoms with Crippen LogP contribution < -0.4 is 9.47 Å². The van der Waals surface area contributed by atoms with Crippen molar-refractivity contribution in [2.75, 3.05) is 27.4 Å². The number of carbonyl (C=O) groups is 2. The van der Waals surface area contributed by atoms with Crippen LogP contribution in [0.5, 0.6) is 11.5 Å². The summed E-state index contributed by atoms with van der Waals surface area (Å²) in [5.74, 6) is -0.529. The van der Waals surface area contributed by atoms with Crippen molar-refractivity contribution in [2.24, 2.45) is 0 Å². The number of nitrogens with zero attached hydrogens (tertiary/aromatic N) is 1. The average Bonchev–Trinajstić information content (AvgIpc) is 3.23. The molecule has 0 saturated heterocycles. The van der Waals surface area contributed by atoms with Gasteiger partial charge in [0.05, 0.1) is 14.2 Å². The third kappa shape index (κ3) is 4.26. The van der Waals surface area contributed by atoms with Crippen LogP contribution in [0.1, 0.15) is 42.9 Å². The van der Waals surface area contributed by atoms with Gasteiger partial charge in [-0.3, -0.25) is 4.90 Å². The molecule has 1 atom stereocenters. The summed E-state index contributed by atoms with van der Waals surface area (Å²) in [6.07, 6.45) is -0.159. The molecule has 0 aliphatic heterocycles. The fourth-order valence-corrected chi connectivity index (χ4v) is 4.96. The Hall–Kier alpha value is -4.00. The first-order valence-electron chi connectivity index (χ1n) is 11.9. The van der Waals surface area contributed by atoms with Crippen LogP contribution in [0.4, 0.5) is 4.79 Å². The van der Waals surface area contributed by atoms with E-state index in [0.717, 1.165) is 22.3 Å². The van der Waals surface area contributed by atoms with Gasteiger partial charge in [0.25, 0.3) is 0 Å². The lowest BCUT2D eigenvalue weighted by Crippen LogP contribution is -2.53. The standard InChI is InChI=1S/C29H31NO6/c1-5-16-30(29(2,27(31)32)25-17-19(34-3)14-15-26(25)35-4)28(33)36-18-24-22-12-8-6-10-20(22)21-11-7-9-13-23(21)24/h6-15,17,24H,5,16,18H2,1-4H3,(H,31,32). The van der Waals surface area contributed by atoms with E-state index in [1.54, 1.807) is 18.2 Å². The number of fused-ring (bicyclic) bond motifs is 3. The number of hydrogen-bond donors (Lipinski definition) is 1. The minimum absolute atomic E-state index is 0.0953. The van der Waals surface area contributed by atoms with Crippen LogP contribution in [0.2, 0.25) is 0 Å². The molecule has 188 valence electrons. The lowest BCUT2D eigenvalue weighted by Gasteiger charge is -2.38. The average molecular weight is 490 g/mol. The Labute approximate surface area is 211 Å². The van der Waals surface area contributed by atoms with Gasteiger partial charge < -0.3 is 19.3 Å². The normalized spacial score (nSPS) is 13.8. The van der Waals surface area contributed by atoms with Crippen LogP contribution in [-0.4, -0.2) is 49.4 Å². The van der Waals surface area contributed by atoms with E-state index in [-0.39, 0.29) is 19.1 Å². The van der Waals surface area contributed by atoms with Gasteiger partial charge in [-0.2, -0.15) is 0 Å². The van der Waals surface area contributed by atoms with E-state index in [1.807, 2.05) is 43.3 Å². The minimum atomic E-state index is -1.75. The van der Waals surface area contributed by atoms with Crippen LogP contribution in [0.15, 0.2) is 66.7 Å². The van der Waals surface area contributed by atoms with E-state index in [4.69, 9.17) is 14.2 Å². The second kappa shape index (κ2) is 10.3. The Bertz CT molecular complexity index is 1230. The van der Waals surface area contributed by atoms with E-state index in [2.05, 4.69) is 12.1 Å². The smallest absolute Gasteiger partial charge is 0.411 e. The molecule has 0 aromatic heterocycles. The minimum Gasteiger partial charge on any atom is -0.497 e. The molecule has 0 fully saturated rings. The fourth-order valence-electron chi connectivity index (χ4n) is 4.96. The van der Waals surface area contributed by atoms with Gasteiger partial charge in [-0.05, 0) is 53.8 Å². The molecule has 1 N–H and O–H groups in total. The van der Waals surface area contributed by atoms with E-state index in [9.17, 15) is 14.7 Å². The first-order chi connectivity index (χ1) is 17.4. The molecule has 36 heavy (non-hydrogen) atoms. The number of aliphatic carboxylic acids is 1. The molecule has 1 amide bonds. The number of ether oxygens (including phenoxy) is 3. The molecule has 0 bridgehead atoms. The van der Waals surface area contributed by atoms with Gasteiger partial charge in [0.2, 0.25) is 0 Å². The molecule has 0 heterocycles. The number of carboxylic acid groups (broad SMARTS) is 1. The van der Waals surface area contributed by atoms with Gasteiger partial charge in [0.1, 0.15) is 18.1 Å². The number of amides is 1. The van der Waals surface area contributed by atoms with E-state index < -0.39 is 17.6 Å². The van der Waals surface area contributed by atoms with Crippen molar-refractivity contribution >= 4 is 12.1 Å². The van der Waals surface area contributed by atoms with Crippen molar-refractivity contribution in [1.82, 2.24) is 4.90 Å². The number of benzene rings is 3. The second-order valence-corrected chi connectivity index (χ2v) is 8.90.